The molecule has 1 aromatic carbocycles. The number of thiophene rings is 1. The molecule has 0 saturated heterocycles. The van der Waals surface area contributed by atoms with Crippen molar-refractivity contribution in [2.24, 2.45) is 0 Å². The highest BCUT2D eigenvalue weighted by Crippen LogP contribution is 2.34. The van der Waals surface area contributed by atoms with Crippen molar-refractivity contribution in [3.8, 4) is 0 Å². The lowest BCUT2D eigenvalue weighted by molar-refractivity contribution is 0.630. The van der Waals surface area contributed by atoms with E-state index in [2.05, 4.69) is 47.2 Å². The molecule has 1 unspecified atom stereocenters. The number of halogens is 2. The predicted octanol–water partition coefficient (Wildman–Crippen LogP) is 5.17. The Balaban J connectivity index is 2.42. The first-order valence-corrected chi connectivity index (χ1v) is 7.85. The second-order valence-corrected chi connectivity index (χ2v) is 7.18. The molecule has 0 aliphatic heterocycles. The van der Waals surface area contributed by atoms with Crippen molar-refractivity contribution in [2.45, 2.75) is 19.9 Å². The smallest absolute Gasteiger partial charge is 0.0704 e. The van der Waals surface area contributed by atoms with Gasteiger partial charge < -0.3 is 5.32 Å². The second kappa shape index (κ2) is 6.20. The minimum atomic E-state index is 0.205. The van der Waals surface area contributed by atoms with E-state index in [1.165, 1.54) is 19.8 Å². The summed E-state index contributed by atoms with van der Waals surface area (Å²) in [7, 11) is 0. The molecule has 0 amide bonds. The molecule has 0 aliphatic carbocycles. The van der Waals surface area contributed by atoms with Gasteiger partial charge in [0.05, 0.1) is 9.83 Å². The predicted molar refractivity (Wildman–Crippen MR) is 83.7 cm³/mol. The van der Waals surface area contributed by atoms with Crippen molar-refractivity contribution >= 4 is 38.9 Å². The van der Waals surface area contributed by atoms with Crippen LogP contribution < -0.4 is 5.32 Å². The molecule has 0 fully saturated rings. The Kier molecular flexibility index (Phi) is 4.84. The molecular formula is C14H15BrClNS. The van der Waals surface area contributed by atoms with Crippen LogP contribution in [0.3, 0.4) is 0 Å². The number of nitrogens with one attached hydrogen (secondary N) is 1. The molecule has 96 valence electrons. The van der Waals surface area contributed by atoms with Crippen LogP contribution >= 0.6 is 38.9 Å². The van der Waals surface area contributed by atoms with Crippen LogP contribution in [-0.2, 0) is 0 Å². The topological polar surface area (TPSA) is 12.0 Å². The summed E-state index contributed by atoms with van der Waals surface area (Å²) in [5.41, 5.74) is 2.52. The Morgan fingerprint density at radius 2 is 2.17 bits per heavy atom. The van der Waals surface area contributed by atoms with Gasteiger partial charge in [-0.3, -0.25) is 0 Å². The third-order valence-corrected chi connectivity index (χ3v) is 4.63. The minimum Gasteiger partial charge on any atom is -0.306 e. The van der Waals surface area contributed by atoms with Crippen LogP contribution in [0.2, 0.25) is 5.02 Å². The number of hydrogen-bond donors (Lipinski definition) is 1. The number of hydrogen-bond acceptors (Lipinski definition) is 2. The van der Waals surface area contributed by atoms with Crippen LogP contribution in [0.25, 0.3) is 0 Å². The molecule has 4 heteroatoms. The Morgan fingerprint density at radius 3 is 2.72 bits per heavy atom. The first-order valence-electron chi connectivity index (χ1n) is 5.86. The Morgan fingerprint density at radius 1 is 1.39 bits per heavy atom. The highest BCUT2D eigenvalue weighted by Gasteiger charge is 2.17. The van der Waals surface area contributed by atoms with E-state index in [0.717, 1.165) is 11.6 Å². The van der Waals surface area contributed by atoms with E-state index >= 15 is 0 Å². The molecule has 1 aromatic heterocycles. The lowest BCUT2D eigenvalue weighted by Crippen LogP contribution is -2.22. The average molecular weight is 345 g/mol. The van der Waals surface area contributed by atoms with Crippen molar-refractivity contribution < 1.29 is 0 Å². The van der Waals surface area contributed by atoms with Crippen LogP contribution in [0, 0.1) is 6.92 Å². The summed E-state index contributed by atoms with van der Waals surface area (Å²) in [5.74, 6) is 0. The maximum atomic E-state index is 6.09. The molecule has 1 heterocycles. The monoisotopic (exact) mass is 343 g/mol. The van der Waals surface area contributed by atoms with Crippen LogP contribution in [-0.4, -0.2) is 6.54 Å². The van der Waals surface area contributed by atoms with Crippen molar-refractivity contribution in [1.29, 1.82) is 0 Å². The van der Waals surface area contributed by atoms with Crippen molar-refractivity contribution in [3.05, 3.63) is 55.1 Å². The fourth-order valence-corrected chi connectivity index (χ4v) is 3.99. The molecule has 0 saturated carbocycles. The fraction of sp³-hybridized carbons (Fsp3) is 0.286. The minimum absolute atomic E-state index is 0.205. The van der Waals surface area contributed by atoms with Crippen LogP contribution in [0.15, 0.2) is 34.1 Å². The van der Waals surface area contributed by atoms with Gasteiger partial charge in [0.2, 0.25) is 0 Å². The molecule has 1 nitrogen and oxygen atoms in total. The summed E-state index contributed by atoms with van der Waals surface area (Å²) < 4.78 is 1.17. The van der Waals surface area contributed by atoms with E-state index in [1.54, 1.807) is 11.3 Å². The third-order valence-electron chi connectivity index (χ3n) is 2.83. The fourth-order valence-electron chi connectivity index (χ4n) is 2.04. The summed E-state index contributed by atoms with van der Waals surface area (Å²) in [4.78, 5) is 1.33. The van der Waals surface area contributed by atoms with Gasteiger partial charge in [-0.15, -0.1) is 11.3 Å². The quantitative estimate of drug-likeness (QED) is 0.806. The lowest BCUT2D eigenvalue weighted by atomic mass is 9.99. The van der Waals surface area contributed by atoms with Gasteiger partial charge in [0.25, 0.3) is 0 Å². The highest BCUT2D eigenvalue weighted by atomic mass is 79.9. The van der Waals surface area contributed by atoms with Crippen molar-refractivity contribution in [1.82, 2.24) is 5.32 Å². The van der Waals surface area contributed by atoms with E-state index in [4.69, 9.17) is 11.6 Å². The van der Waals surface area contributed by atoms with Gasteiger partial charge in [-0.1, -0.05) is 30.7 Å². The molecule has 2 aromatic rings. The van der Waals surface area contributed by atoms with Crippen molar-refractivity contribution in [2.75, 3.05) is 6.54 Å². The van der Waals surface area contributed by atoms with Crippen LogP contribution in [0.5, 0.6) is 0 Å². The largest absolute Gasteiger partial charge is 0.306 e. The second-order valence-electron chi connectivity index (χ2n) is 4.11. The molecule has 0 radical (unpaired) electrons. The summed E-state index contributed by atoms with van der Waals surface area (Å²) >= 11 is 11.4. The molecule has 1 N–H and O–H groups in total. The zero-order valence-electron chi connectivity index (χ0n) is 10.3. The Bertz CT molecular complexity index is 538. The van der Waals surface area contributed by atoms with E-state index < -0.39 is 0 Å². The molecule has 1 atom stereocenters. The van der Waals surface area contributed by atoms with Crippen LogP contribution in [0.1, 0.15) is 29.0 Å². The molecule has 2 rings (SSSR count). The number of rotatable bonds is 4. The standard InChI is InChI=1S/C14H15BrClNS/c1-3-17-14(10-5-4-6-11(16)7-10)12-8-13(15)18-9(12)2/h4-8,14,17H,3H2,1-2H3. The van der Waals surface area contributed by atoms with Gasteiger partial charge in [-0.2, -0.15) is 0 Å². The molecular weight excluding hydrogens is 330 g/mol. The van der Waals surface area contributed by atoms with E-state index in [1.807, 2.05) is 18.2 Å². The SMILES string of the molecule is CCNC(c1cccc(Cl)c1)c1cc(Br)sc1C. The van der Waals surface area contributed by atoms with E-state index in [0.29, 0.717) is 0 Å². The molecule has 0 spiro atoms. The van der Waals surface area contributed by atoms with Gasteiger partial charge >= 0.3 is 0 Å². The third kappa shape index (κ3) is 3.15. The zero-order valence-corrected chi connectivity index (χ0v) is 13.5. The average Bonchev–Trinajstić information content (AvgIpc) is 2.65. The zero-order chi connectivity index (χ0) is 13.1. The summed E-state index contributed by atoms with van der Waals surface area (Å²) in [5, 5.41) is 4.30. The van der Waals surface area contributed by atoms with Gasteiger partial charge in [0, 0.05) is 9.90 Å². The first kappa shape index (κ1) is 14.1. The Hall–Kier alpha value is -0.350. The lowest BCUT2D eigenvalue weighted by Gasteiger charge is -2.18. The summed E-state index contributed by atoms with van der Waals surface area (Å²) in [6.07, 6.45) is 0. The van der Waals surface area contributed by atoms with Gasteiger partial charge in [-0.25, -0.2) is 0 Å². The summed E-state index contributed by atoms with van der Waals surface area (Å²) in [6, 6.07) is 10.4. The van der Waals surface area contributed by atoms with Gasteiger partial charge in [0.15, 0.2) is 0 Å². The number of aryl methyl sites for hydroxylation is 1. The van der Waals surface area contributed by atoms with E-state index in [-0.39, 0.29) is 6.04 Å². The maximum Gasteiger partial charge on any atom is 0.0704 e. The first-order chi connectivity index (χ1) is 8.61. The molecule has 0 aliphatic rings. The van der Waals surface area contributed by atoms with Crippen molar-refractivity contribution in [3.63, 3.8) is 0 Å². The Labute approximate surface area is 125 Å². The van der Waals surface area contributed by atoms with Gasteiger partial charge in [-0.05, 0) is 58.7 Å². The molecule has 0 bridgehead atoms. The number of benzene rings is 1. The maximum absolute atomic E-state index is 6.09. The normalized spacial score (nSPS) is 12.7. The van der Waals surface area contributed by atoms with E-state index in [9.17, 15) is 0 Å². The molecule has 18 heavy (non-hydrogen) atoms. The van der Waals surface area contributed by atoms with Gasteiger partial charge in [0.1, 0.15) is 0 Å². The van der Waals surface area contributed by atoms with Crippen LogP contribution in [0.4, 0.5) is 0 Å². The summed E-state index contributed by atoms with van der Waals surface area (Å²) in [6.45, 7) is 5.19. The highest BCUT2D eigenvalue weighted by molar-refractivity contribution is 9.11.